The van der Waals surface area contributed by atoms with Gasteiger partial charge in [-0.15, -0.1) is 0 Å². The fraction of sp³-hybridized carbons (Fsp3) is 0.160. The second kappa shape index (κ2) is 8.93. The van der Waals surface area contributed by atoms with Crippen LogP contribution >= 0.6 is 0 Å². The Morgan fingerprint density at radius 1 is 0.938 bits per heavy atom. The predicted molar refractivity (Wildman–Crippen MR) is 119 cm³/mol. The molecule has 0 saturated carbocycles. The zero-order valence-electron chi connectivity index (χ0n) is 17.8. The van der Waals surface area contributed by atoms with Crippen molar-refractivity contribution in [1.82, 2.24) is 4.90 Å². The highest BCUT2D eigenvalue weighted by molar-refractivity contribution is 6.21. The van der Waals surface area contributed by atoms with Crippen molar-refractivity contribution in [3.8, 4) is 11.5 Å². The molecule has 0 unspecified atom stereocenters. The van der Waals surface area contributed by atoms with E-state index in [9.17, 15) is 14.4 Å². The molecule has 3 aromatic carbocycles. The summed E-state index contributed by atoms with van der Waals surface area (Å²) >= 11 is 0. The summed E-state index contributed by atoms with van der Waals surface area (Å²) < 4.78 is 10.8. The molecule has 162 valence electrons. The Bertz CT molecular complexity index is 1150. The van der Waals surface area contributed by atoms with Gasteiger partial charge >= 0.3 is 0 Å². The van der Waals surface area contributed by atoms with Crippen molar-refractivity contribution in [1.29, 1.82) is 0 Å². The van der Waals surface area contributed by atoms with E-state index in [1.165, 1.54) is 4.90 Å². The largest absolute Gasteiger partial charge is 0.497 e. The van der Waals surface area contributed by atoms with Gasteiger partial charge in [-0.3, -0.25) is 19.3 Å². The van der Waals surface area contributed by atoms with E-state index >= 15 is 0 Å². The average molecular weight is 430 g/mol. The topological polar surface area (TPSA) is 84.9 Å². The molecule has 0 fully saturated rings. The van der Waals surface area contributed by atoms with Crippen LogP contribution in [0.3, 0.4) is 0 Å². The maximum Gasteiger partial charge on any atom is 0.261 e. The van der Waals surface area contributed by atoms with Crippen LogP contribution in [0.25, 0.3) is 0 Å². The molecule has 0 aromatic heterocycles. The normalized spacial score (nSPS) is 12.5. The molecule has 7 heteroatoms. The number of amides is 3. The van der Waals surface area contributed by atoms with Crippen LogP contribution in [0.1, 0.15) is 43.6 Å². The van der Waals surface area contributed by atoms with Crippen molar-refractivity contribution >= 4 is 23.4 Å². The number of nitrogens with one attached hydrogen (secondary N) is 1. The van der Waals surface area contributed by atoms with E-state index in [0.717, 1.165) is 0 Å². The van der Waals surface area contributed by atoms with Gasteiger partial charge in [0.15, 0.2) is 0 Å². The first-order chi connectivity index (χ1) is 15.5. The van der Waals surface area contributed by atoms with Crippen LogP contribution in [0.4, 0.5) is 5.69 Å². The molecular formula is C25H22N2O5. The van der Waals surface area contributed by atoms with Crippen LogP contribution in [-0.2, 0) is 6.54 Å². The van der Waals surface area contributed by atoms with Gasteiger partial charge < -0.3 is 14.8 Å². The summed E-state index contributed by atoms with van der Waals surface area (Å²) in [6.45, 7) is 2.28. The lowest BCUT2D eigenvalue weighted by Gasteiger charge is -2.16. The van der Waals surface area contributed by atoms with Gasteiger partial charge in [-0.05, 0) is 61.0 Å². The van der Waals surface area contributed by atoms with Crippen LogP contribution in [0.15, 0.2) is 66.7 Å². The Balaban J connectivity index is 1.58. The second-order valence-electron chi connectivity index (χ2n) is 7.19. The number of nitrogens with zero attached hydrogens (tertiary/aromatic N) is 1. The van der Waals surface area contributed by atoms with Crippen LogP contribution in [-0.4, -0.2) is 36.3 Å². The zero-order chi connectivity index (χ0) is 22.7. The predicted octanol–water partition coefficient (Wildman–Crippen LogP) is 4.14. The minimum absolute atomic E-state index is 0.0571. The number of hydrogen-bond acceptors (Lipinski definition) is 5. The van der Waals surface area contributed by atoms with Crippen molar-refractivity contribution in [3.63, 3.8) is 0 Å². The molecule has 0 bridgehead atoms. The summed E-state index contributed by atoms with van der Waals surface area (Å²) in [4.78, 5) is 39.5. The van der Waals surface area contributed by atoms with Gasteiger partial charge in [0.25, 0.3) is 17.7 Å². The summed E-state index contributed by atoms with van der Waals surface area (Å²) in [5, 5.41) is 2.84. The molecule has 1 N–H and O–H groups in total. The number of methoxy groups -OCH3 is 1. The molecule has 1 aliphatic heterocycles. The van der Waals surface area contributed by atoms with Crippen LogP contribution < -0.4 is 14.8 Å². The van der Waals surface area contributed by atoms with E-state index in [2.05, 4.69) is 5.32 Å². The maximum absolute atomic E-state index is 13.0. The first-order valence-electron chi connectivity index (χ1n) is 10.2. The van der Waals surface area contributed by atoms with Crippen molar-refractivity contribution in [3.05, 3.63) is 89.0 Å². The third-order valence-electron chi connectivity index (χ3n) is 5.16. The molecule has 0 atom stereocenters. The van der Waals surface area contributed by atoms with Gasteiger partial charge in [0.05, 0.1) is 37.0 Å². The molecule has 0 aliphatic carbocycles. The molecule has 0 radical (unpaired) electrons. The lowest BCUT2D eigenvalue weighted by atomic mass is 10.1. The summed E-state index contributed by atoms with van der Waals surface area (Å²) in [5.74, 6) is 0.0563. The van der Waals surface area contributed by atoms with Gasteiger partial charge in [0.1, 0.15) is 11.5 Å². The molecule has 4 rings (SSSR count). The molecule has 7 nitrogen and oxygen atoms in total. The number of anilines is 1. The lowest BCUT2D eigenvalue weighted by Crippen LogP contribution is -2.29. The Kier molecular flexibility index (Phi) is 5.89. The van der Waals surface area contributed by atoms with Crippen molar-refractivity contribution in [2.75, 3.05) is 19.0 Å². The van der Waals surface area contributed by atoms with E-state index in [1.54, 1.807) is 73.8 Å². The third kappa shape index (κ3) is 4.05. The van der Waals surface area contributed by atoms with Gasteiger partial charge in [0, 0.05) is 5.69 Å². The van der Waals surface area contributed by atoms with E-state index in [4.69, 9.17) is 9.47 Å². The molecule has 3 amide bonds. The number of ether oxygens (including phenoxy) is 2. The number of carbonyl (C=O) groups excluding carboxylic acids is 3. The summed E-state index contributed by atoms with van der Waals surface area (Å²) in [6, 6.07) is 18.8. The maximum atomic E-state index is 13.0. The van der Waals surface area contributed by atoms with Crippen LogP contribution in [0.5, 0.6) is 11.5 Å². The summed E-state index contributed by atoms with van der Waals surface area (Å²) in [7, 11) is 1.57. The molecule has 0 saturated heterocycles. The monoisotopic (exact) mass is 430 g/mol. The quantitative estimate of drug-likeness (QED) is 0.570. The summed E-state index contributed by atoms with van der Waals surface area (Å²) in [5.41, 5.74) is 2.34. The number of carbonyl (C=O) groups is 3. The average Bonchev–Trinajstić information content (AvgIpc) is 3.05. The Morgan fingerprint density at radius 2 is 1.59 bits per heavy atom. The minimum atomic E-state index is -0.358. The highest BCUT2D eigenvalue weighted by Gasteiger charge is 2.35. The summed E-state index contributed by atoms with van der Waals surface area (Å²) in [6.07, 6.45) is 0. The van der Waals surface area contributed by atoms with Crippen LogP contribution in [0, 0.1) is 0 Å². The first kappa shape index (κ1) is 21.1. The lowest BCUT2D eigenvalue weighted by molar-refractivity contribution is 0.0642. The van der Waals surface area contributed by atoms with Gasteiger partial charge in [-0.1, -0.05) is 18.2 Å². The van der Waals surface area contributed by atoms with Crippen molar-refractivity contribution in [2.45, 2.75) is 13.5 Å². The van der Waals surface area contributed by atoms with Crippen molar-refractivity contribution < 1.29 is 23.9 Å². The fourth-order valence-electron chi connectivity index (χ4n) is 3.57. The smallest absolute Gasteiger partial charge is 0.261 e. The fourth-order valence-corrected chi connectivity index (χ4v) is 3.57. The number of hydrogen-bond donors (Lipinski definition) is 1. The van der Waals surface area contributed by atoms with Crippen molar-refractivity contribution in [2.24, 2.45) is 0 Å². The number of benzene rings is 3. The van der Waals surface area contributed by atoms with Crippen LogP contribution in [0.2, 0.25) is 0 Å². The van der Waals surface area contributed by atoms with E-state index in [-0.39, 0.29) is 24.3 Å². The molecule has 32 heavy (non-hydrogen) atoms. The molecular weight excluding hydrogens is 408 g/mol. The highest BCUT2D eigenvalue weighted by atomic mass is 16.5. The van der Waals surface area contributed by atoms with E-state index in [0.29, 0.717) is 46.0 Å². The molecule has 1 heterocycles. The van der Waals surface area contributed by atoms with Gasteiger partial charge in [-0.25, -0.2) is 0 Å². The molecule has 0 spiro atoms. The molecule has 1 aliphatic rings. The van der Waals surface area contributed by atoms with E-state index < -0.39 is 0 Å². The van der Waals surface area contributed by atoms with Gasteiger partial charge in [0.2, 0.25) is 0 Å². The second-order valence-corrected chi connectivity index (χ2v) is 7.19. The first-order valence-corrected chi connectivity index (χ1v) is 10.2. The third-order valence-corrected chi connectivity index (χ3v) is 5.16. The number of fused-ring (bicyclic) bond motifs is 1. The Hall–Kier alpha value is -4.13. The SMILES string of the molecule is CCOc1ccc(CN2C(=O)c3ccccc3C2=O)cc1C(=O)Nc1ccc(OC)cc1. The highest BCUT2D eigenvalue weighted by Crippen LogP contribution is 2.27. The van der Waals surface area contributed by atoms with E-state index in [1.807, 2.05) is 6.92 Å². The number of rotatable bonds is 7. The Labute approximate surface area is 185 Å². The van der Waals surface area contributed by atoms with Gasteiger partial charge in [-0.2, -0.15) is 0 Å². The standard InChI is InChI=1S/C25H22N2O5/c1-3-32-22-13-8-16(15-27-24(29)19-6-4-5-7-20(19)25(27)30)14-21(22)23(28)26-17-9-11-18(31-2)12-10-17/h4-14H,3,15H2,1-2H3,(H,26,28). The zero-order valence-corrected chi connectivity index (χ0v) is 17.8. The Morgan fingerprint density at radius 3 is 2.19 bits per heavy atom. The molecule has 3 aromatic rings. The number of imide groups is 1. The minimum Gasteiger partial charge on any atom is -0.497 e.